The van der Waals surface area contributed by atoms with E-state index in [1.165, 1.54) is 5.69 Å². The minimum atomic E-state index is -0.364. The molecule has 2 N–H and O–H groups in total. The summed E-state index contributed by atoms with van der Waals surface area (Å²) in [7, 11) is 1.86. The molecule has 0 bridgehead atoms. The van der Waals surface area contributed by atoms with Gasteiger partial charge in [0.1, 0.15) is 0 Å². The van der Waals surface area contributed by atoms with Crippen molar-refractivity contribution in [2.45, 2.75) is 12.5 Å². The number of para-hydroxylation sites is 1. The molecule has 0 radical (unpaired) electrons. The molecule has 25 heavy (non-hydrogen) atoms. The minimum Gasteiger partial charge on any atom is -0.369 e. The summed E-state index contributed by atoms with van der Waals surface area (Å²) < 4.78 is 0. The van der Waals surface area contributed by atoms with Gasteiger partial charge in [-0.15, -0.1) is 12.4 Å². The van der Waals surface area contributed by atoms with Crippen LogP contribution in [0.15, 0.2) is 30.3 Å². The van der Waals surface area contributed by atoms with Gasteiger partial charge < -0.3 is 15.5 Å². The van der Waals surface area contributed by atoms with Crippen LogP contribution in [-0.4, -0.2) is 80.1 Å². The van der Waals surface area contributed by atoms with Crippen molar-refractivity contribution in [3.8, 4) is 0 Å². The van der Waals surface area contributed by atoms with E-state index in [0.717, 1.165) is 51.4 Å². The number of nitrogens with two attached hydrogens (primary N) is 1. The Labute approximate surface area is 162 Å². The van der Waals surface area contributed by atoms with Gasteiger partial charge in [0.15, 0.2) is 0 Å². The van der Waals surface area contributed by atoms with Crippen LogP contribution >= 0.6 is 24.2 Å². The van der Waals surface area contributed by atoms with Gasteiger partial charge in [-0.3, -0.25) is 9.69 Å². The number of hydrogen-bond acceptors (Lipinski definition) is 5. The average molecular weight is 387 g/mol. The van der Waals surface area contributed by atoms with Gasteiger partial charge >= 0.3 is 0 Å². The largest absolute Gasteiger partial charge is 0.369 e. The molecule has 1 atom stereocenters. The number of carbonyl (C=O) groups excluding carboxylic acids is 1. The number of piperazine rings is 1. The van der Waals surface area contributed by atoms with Gasteiger partial charge in [0.05, 0.1) is 6.04 Å². The van der Waals surface area contributed by atoms with Crippen LogP contribution in [0.4, 0.5) is 5.69 Å². The summed E-state index contributed by atoms with van der Waals surface area (Å²) >= 11 is 1.73. The van der Waals surface area contributed by atoms with E-state index in [1.807, 2.05) is 13.3 Å². The second-order valence-corrected chi connectivity index (χ2v) is 7.30. The van der Waals surface area contributed by atoms with Crippen LogP contribution in [0, 0.1) is 0 Å². The summed E-state index contributed by atoms with van der Waals surface area (Å²) in [5.74, 6) is 0.995. The lowest BCUT2D eigenvalue weighted by Crippen LogP contribution is -2.50. The maximum Gasteiger partial charge on any atom is 0.239 e. The summed E-state index contributed by atoms with van der Waals surface area (Å²) in [6.07, 6.45) is 2.79. The number of nitrogens with zero attached hydrogens (tertiary/aromatic N) is 3. The monoisotopic (exact) mass is 386 g/mol. The van der Waals surface area contributed by atoms with Crippen LogP contribution in [0.5, 0.6) is 0 Å². The SMILES string of the molecule is CSCC[C@H](N)C(=O)N(C)CCN1CCN(c2ccccc2)CC1.Cl. The molecule has 0 aliphatic carbocycles. The Hall–Kier alpha value is -0.950. The first-order chi connectivity index (χ1) is 11.6. The van der Waals surface area contributed by atoms with E-state index in [0.29, 0.717) is 0 Å². The van der Waals surface area contributed by atoms with Crippen LogP contribution in [0.2, 0.25) is 0 Å². The molecule has 5 nitrogen and oxygen atoms in total. The summed E-state index contributed by atoms with van der Waals surface area (Å²) in [6.45, 7) is 5.81. The molecule has 0 aromatic heterocycles. The highest BCUT2D eigenvalue weighted by atomic mass is 35.5. The van der Waals surface area contributed by atoms with E-state index >= 15 is 0 Å². The highest BCUT2D eigenvalue weighted by Crippen LogP contribution is 2.15. The van der Waals surface area contributed by atoms with Crippen LogP contribution in [0.25, 0.3) is 0 Å². The van der Waals surface area contributed by atoms with Gasteiger partial charge in [0.2, 0.25) is 5.91 Å². The van der Waals surface area contributed by atoms with Crippen LogP contribution in [0.3, 0.4) is 0 Å². The van der Waals surface area contributed by atoms with Gasteiger partial charge in [-0.05, 0) is 30.6 Å². The smallest absolute Gasteiger partial charge is 0.239 e. The van der Waals surface area contributed by atoms with Crippen molar-refractivity contribution < 1.29 is 4.79 Å². The molecule has 1 aliphatic rings. The molecule has 1 aliphatic heterocycles. The maximum absolute atomic E-state index is 12.2. The van der Waals surface area contributed by atoms with Crippen molar-refractivity contribution >= 4 is 35.8 Å². The number of likely N-dealkylation sites (N-methyl/N-ethyl adjacent to an activating group) is 1. The molecule has 142 valence electrons. The Kier molecular flexibility index (Phi) is 10.3. The third-order valence-corrected chi connectivity index (χ3v) is 5.22. The average Bonchev–Trinajstić information content (AvgIpc) is 2.64. The molecule has 1 heterocycles. The van der Waals surface area contributed by atoms with Crippen molar-refractivity contribution in [3.63, 3.8) is 0 Å². The zero-order valence-corrected chi connectivity index (χ0v) is 16.9. The van der Waals surface area contributed by atoms with E-state index in [9.17, 15) is 4.79 Å². The lowest BCUT2D eigenvalue weighted by molar-refractivity contribution is -0.131. The predicted octanol–water partition coefficient (Wildman–Crippen LogP) is 1.77. The van der Waals surface area contributed by atoms with E-state index in [4.69, 9.17) is 5.73 Å². The fourth-order valence-corrected chi connectivity index (χ4v) is 3.41. The highest BCUT2D eigenvalue weighted by molar-refractivity contribution is 7.98. The molecule has 7 heteroatoms. The molecule has 0 unspecified atom stereocenters. The molecule has 1 saturated heterocycles. The summed E-state index contributed by atoms with van der Waals surface area (Å²) in [5, 5.41) is 0. The van der Waals surface area contributed by atoms with Crippen LogP contribution in [-0.2, 0) is 4.79 Å². The van der Waals surface area contributed by atoms with Gasteiger partial charge in [-0.25, -0.2) is 0 Å². The first-order valence-corrected chi connectivity index (χ1v) is 10.0. The second kappa shape index (κ2) is 11.6. The molecule has 1 amide bonds. The number of rotatable bonds is 8. The Bertz CT molecular complexity index is 497. The van der Waals surface area contributed by atoms with Crippen molar-refractivity contribution in [2.75, 3.05) is 63.2 Å². The topological polar surface area (TPSA) is 52.8 Å². The molecule has 0 saturated carbocycles. The molecule has 0 spiro atoms. The fraction of sp³-hybridized carbons (Fsp3) is 0.611. The van der Waals surface area contributed by atoms with Crippen molar-refractivity contribution in [1.29, 1.82) is 0 Å². The summed E-state index contributed by atoms with van der Waals surface area (Å²) in [5.41, 5.74) is 7.27. The summed E-state index contributed by atoms with van der Waals surface area (Å²) in [4.78, 5) is 18.9. The quantitative estimate of drug-likeness (QED) is 0.737. The molecular formula is C18H31ClN4OS. The van der Waals surface area contributed by atoms with Crippen molar-refractivity contribution in [3.05, 3.63) is 30.3 Å². The normalized spacial score (nSPS) is 16.2. The lowest BCUT2D eigenvalue weighted by atomic mass is 10.2. The van der Waals surface area contributed by atoms with Crippen molar-refractivity contribution in [2.24, 2.45) is 5.73 Å². The third kappa shape index (κ3) is 7.05. The van der Waals surface area contributed by atoms with E-state index in [2.05, 4.69) is 40.1 Å². The molecule has 2 rings (SSSR count). The van der Waals surface area contributed by atoms with E-state index in [1.54, 1.807) is 16.7 Å². The Morgan fingerprint density at radius 1 is 1.24 bits per heavy atom. The zero-order valence-electron chi connectivity index (χ0n) is 15.3. The van der Waals surface area contributed by atoms with Gasteiger partial charge in [0.25, 0.3) is 0 Å². The lowest BCUT2D eigenvalue weighted by Gasteiger charge is -2.36. The predicted molar refractivity (Wildman–Crippen MR) is 111 cm³/mol. The second-order valence-electron chi connectivity index (χ2n) is 6.31. The molecule has 1 aromatic carbocycles. The number of hydrogen-bond donors (Lipinski definition) is 1. The summed E-state index contributed by atoms with van der Waals surface area (Å²) in [6, 6.07) is 10.2. The molecule has 1 aromatic rings. The van der Waals surface area contributed by atoms with E-state index in [-0.39, 0.29) is 24.4 Å². The van der Waals surface area contributed by atoms with Gasteiger partial charge in [-0.2, -0.15) is 11.8 Å². The van der Waals surface area contributed by atoms with Crippen LogP contribution in [0.1, 0.15) is 6.42 Å². The number of benzene rings is 1. The van der Waals surface area contributed by atoms with Crippen molar-refractivity contribution in [1.82, 2.24) is 9.80 Å². The number of thioether (sulfide) groups is 1. The van der Waals surface area contributed by atoms with Crippen LogP contribution < -0.4 is 10.6 Å². The third-order valence-electron chi connectivity index (χ3n) is 4.57. The molecule has 1 fully saturated rings. The first-order valence-electron chi connectivity index (χ1n) is 8.63. The highest BCUT2D eigenvalue weighted by Gasteiger charge is 2.20. The number of anilines is 1. The fourth-order valence-electron chi connectivity index (χ4n) is 2.92. The Morgan fingerprint density at radius 3 is 2.48 bits per heavy atom. The van der Waals surface area contributed by atoms with Gasteiger partial charge in [-0.1, -0.05) is 18.2 Å². The number of amides is 1. The Balaban J connectivity index is 0.00000312. The zero-order chi connectivity index (χ0) is 17.4. The Morgan fingerprint density at radius 2 is 1.88 bits per heavy atom. The maximum atomic E-state index is 12.2. The van der Waals surface area contributed by atoms with E-state index < -0.39 is 0 Å². The minimum absolute atomic E-state index is 0. The first kappa shape index (κ1) is 22.1. The van der Waals surface area contributed by atoms with Gasteiger partial charge in [0, 0.05) is 52.0 Å². The standard InChI is InChI=1S/C18H30N4OS.ClH/c1-20(18(23)17(19)8-15-24-2)9-10-21-11-13-22(14-12-21)16-6-4-3-5-7-16;/h3-7,17H,8-15,19H2,1-2H3;1H/t17-;/m0./s1. The number of halogens is 1. The molecular weight excluding hydrogens is 356 g/mol. The number of carbonyl (C=O) groups is 1.